The molecule has 1 saturated heterocycles. The smallest absolute Gasteiger partial charge is 0.289 e. The summed E-state index contributed by atoms with van der Waals surface area (Å²) in [6, 6.07) is 8.51. The number of hydrogen-bond donors (Lipinski definition) is 0. The van der Waals surface area contributed by atoms with Crippen LogP contribution < -0.4 is 9.47 Å². The van der Waals surface area contributed by atoms with Crippen molar-refractivity contribution in [1.82, 2.24) is 9.80 Å². The quantitative estimate of drug-likeness (QED) is 0.837. The number of benzene rings is 1. The van der Waals surface area contributed by atoms with Gasteiger partial charge in [-0.1, -0.05) is 0 Å². The van der Waals surface area contributed by atoms with Crippen molar-refractivity contribution in [3.63, 3.8) is 0 Å². The molecule has 0 N–H and O–H groups in total. The lowest BCUT2D eigenvalue weighted by atomic mass is 10.1. The number of rotatable bonds is 2. The zero-order valence-corrected chi connectivity index (χ0v) is 12.9. The Labute approximate surface area is 138 Å². The van der Waals surface area contributed by atoms with Gasteiger partial charge >= 0.3 is 0 Å². The fraction of sp³-hybridized carbons (Fsp3) is 0.294. The second-order valence-corrected chi connectivity index (χ2v) is 5.63. The van der Waals surface area contributed by atoms with Crippen LogP contribution >= 0.6 is 0 Å². The zero-order chi connectivity index (χ0) is 16.5. The van der Waals surface area contributed by atoms with E-state index in [1.54, 1.807) is 40.1 Å². The van der Waals surface area contributed by atoms with Gasteiger partial charge in [0.15, 0.2) is 17.3 Å². The van der Waals surface area contributed by atoms with Gasteiger partial charge < -0.3 is 23.7 Å². The van der Waals surface area contributed by atoms with Gasteiger partial charge in [0, 0.05) is 31.7 Å². The lowest BCUT2D eigenvalue weighted by Gasteiger charge is -2.34. The Kier molecular flexibility index (Phi) is 3.60. The topological polar surface area (TPSA) is 72.2 Å². The van der Waals surface area contributed by atoms with E-state index in [2.05, 4.69) is 0 Å². The minimum Gasteiger partial charge on any atom is -0.459 e. The number of hydrogen-bond acceptors (Lipinski definition) is 5. The summed E-state index contributed by atoms with van der Waals surface area (Å²) in [6.45, 7) is 2.12. The molecule has 0 spiro atoms. The Bertz CT molecular complexity index is 763. The van der Waals surface area contributed by atoms with Crippen molar-refractivity contribution in [2.45, 2.75) is 0 Å². The van der Waals surface area contributed by atoms with Crippen LogP contribution in [-0.4, -0.2) is 54.6 Å². The summed E-state index contributed by atoms with van der Waals surface area (Å²) in [5.41, 5.74) is 0.560. The number of carbonyl (C=O) groups excluding carboxylic acids is 2. The van der Waals surface area contributed by atoms with Gasteiger partial charge in [0.25, 0.3) is 11.8 Å². The summed E-state index contributed by atoms with van der Waals surface area (Å²) in [6.07, 6.45) is 1.48. The maximum Gasteiger partial charge on any atom is 0.289 e. The second-order valence-electron chi connectivity index (χ2n) is 5.63. The van der Waals surface area contributed by atoms with Crippen molar-refractivity contribution in [2.75, 3.05) is 33.0 Å². The van der Waals surface area contributed by atoms with Crippen LogP contribution in [0.3, 0.4) is 0 Å². The normalized spacial score (nSPS) is 16.3. The third kappa shape index (κ3) is 2.58. The van der Waals surface area contributed by atoms with Crippen molar-refractivity contribution in [1.29, 1.82) is 0 Å². The molecule has 24 heavy (non-hydrogen) atoms. The molecule has 2 amide bonds. The van der Waals surface area contributed by atoms with E-state index >= 15 is 0 Å². The van der Waals surface area contributed by atoms with Crippen molar-refractivity contribution in [3.8, 4) is 11.5 Å². The monoisotopic (exact) mass is 328 g/mol. The van der Waals surface area contributed by atoms with Crippen LogP contribution in [0, 0.1) is 0 Å². The third-order valence-corrected chi connectivity index (χ3v) is 4.21. The highest BCUT2D eigenvalue weighted by atomic mass is 16.7. The van der Waals surface area contributed by atoms with Crippen LogP contribution in [0.4, 0.5) is 0 Å². The van der Waals surface area contributed by atoms with Gasteiger partial charge in [0.1, 0.15) is 0 Å². The van der Waals surface area contributed by atoms with Gasteiger partial charge in [-0.2, -0.15) is 0 Å². The summed E-state index contributed by atoms with van der Waals surface area (Å²) >= 11 is 0. The Hall–Kier alpha value is -2.96. The largest absolute Gasteiger partial charge is 0.459 e. The first kappa shape index (κ1) is 14.6. The number of amides is 2. The van der Waals surface area contributed by atoms with Gasteiger partial charge in [0.05, 0.1) is 6.26 Å². The van der Waals surface area contributed by atoms with Gasteiger partial charge in [0.2, 0.25) is 6.79 Å². The first-order chi connectivity index (χ1) is 11.7. The Morgan fingerprint density at radius 2 is 1.58 bits per heavy atom. The minimum atomic E-state index is -0.143. The lowest BCUT2D eigenvalue weighted by molar-refractivity contribution is 0.0518. The number of nitrogens with zero attached hydrogens (tertiary/aromatic N) is 2. The molecule has 7 nitrogen and oxygen atoms in total. The molecule has 0 bridgehead atoms. The molecule has 0 atom stereocenters. The van der Waals surface area contributed by atoms with Gasteiger partial charge in [-0.3, -0.25) is 9.59 Å². The summed E-state index contributed by atoms with van der Waals surface area (Å²) in [5, 5.41) is 0. The summed E-state index contributed by atoms with van der Waals surface area (Å²) in [4.78, 5) is 28.3. The van der Waals surface area contributed by atoms with E-state index in [0.717, 1.165) is 0 Å². The Morgan fingerprint density at radius 1 is 0.875 bits per heavy atom. The first-order valence-corrected chi connectivity index (χ1v) is 7.74. The molecule has 7 heteroatoms. The fourth-order valence-electron chi connectivity index (χ4n) is 2.88. The van der Waals surface area contributed by atoms with Crippen molar-refractivity contribution in [2.24, 2.45) is 0 Å². The summed E-state index contributed by atoms with van der Waals surface area (Å²) in [7, 11) is 0. The number of piperazine rings is 1. The Balaban J connectivity index is 1.40. The predicted molar refractivity (Wildman–Crippen MR) is 83.1 cm³/mol. The molecule has 1 aromatic carbocycles. The van der Waals surface area contributed by atoms with Crippen LogP contribution in [0.1, 0.15) is 20.9 Å². The molecule has 0 aliphatic carbocycles. The average Bonchev–Trinajstić information content (AvgIpc) is 3.31. The van der Waals surface area contributed by atoms with E-state index in [4.69, 9.17) is 13.9 Å². The lowest BCUT2D eigenvalue weighted by Crippen LogP contribution is -2.50. The van der Waals surface area contributed by atoms with Gasteiger partial charge in [-0.05, 0) is 30.3 Å². The molecule has 2 aliphatic heterocycles. The molecule has 0 radical (unpaired) electrons. The molecule has 2 aromatic rings. The van der Waals surface area contributed by atoms with Crippen molar-refractivity contribution >= 4 is 11.8 Å². The van der Waals surface area contributed by atoms with Crippen LogP contribution in [0.2, 0.25) is 0 Å². The maximum atomic E-state index is 12.6. The average molecular weight is 328 g/mol. The molecule has 124 valence electrons. The summed E-state index contributed by atoms with van der Waals surface area (Å²) < 4.78 is 15.7. The van der Waals surface area contributed by atoms with Gasteiger partial charge in [-0.25, -0.2) is 0 Å². The molecular formula is C17H16N2O5. The highest BCUT2D eigenvalue weighted by Crippen LogP contribution is 2.32. The highest BCUT2D eigenvalue weighted by Gasteiger charge is 2.27. The molecule has 2 aliphatic rings. The third-order valence-electron chi connectivity index (χ3n) is 4.21. The van der Waals surface area contributed by atoms with Gasteiger partial charge in [-0.15, -0.1) is 0 Å². The number of ether oxygens (including phenoxy) is 2. The van der Waals surface area contributed by atoms with E-state index in [0.29, 0.717) is 49.0 Å². The van der Waals surface area contributed by atoms with E-state index in [1.807, 2.05) is 0 Å². The zero-order valence-electron chi connectivity index (χ0n) is 12.9. The minimum absolute atomic E-state index is 0.0709. The molecule has 0 unspecified atom stereocenters. The molecule has 1 fully saturated rings. The van der Waals surface area contributed by atoms with Crippen molar-refractivity contribution < 1.29 is 23.5 Å². The van der Waals surface area contributed by atoms with Crippen LogP contribution in [-0.2, 0) is 0 Å². The standard InChI is InChI=1S/C17H16N2O5/c20-16(12-3-4-13-15(10-12)24-11-23-13)18-5-7-19(8-6-18)17(21)14-2-1-9-22-14/h1-4,9-10H,5-8,11H2. The number of fused-ring (bicyclic) bond motifs is 1. The second kappa shape index (κ2) is 5.92. The summed E-state index contributed by atoms with van der Waals surface area (Å²) in [5.74, 6) is 1.35. The molecule has 1 aromatic heterocycles. The first-order valence-electron chi connectivity index (χ1n) is 7.74. The SMILES string of the molecule is O=C(c1ccc2c(c1)OCO2)N1CCN(C(=O)c2ccco2)CC1. The number of carbonyl (C=O) groups is 2. The van der Waals surface area contributed by atoms with Crippen molar-refractivity contribution in [3.05, 3.63) is 47.9 Å². The van der Waals surface area contributed by atoms with Crippen LogP contribution in [0.5, 0.6) is 11.5 Å². The van der Waals surface area contributed by atoms with E-state index in [1.165, 1.54) is 6.26 Å². The molecule has 0 saturated carbocycles. The van der Waals surface area contributed by atoms with E-state index in [-0.39, 0.29) is 18.6 Å². The van der Waals surface area contributed by atoms with Crippen LogP contribution in [0.15, 0.2) is 41.0 Å². The number of furan rings is 1. The fourth-order valence-corrected chi connectivity index (χ4v) is 2.88. The maximum absolute atomic E-state index is 12.6. The molecule has 4 rings (SSSR count). The highest BCUT2D eigenvalue weighted by molar-refractivity contribution is 5.95. The predicted octanol–water partition coefficient (Wildman–Crippen LogP) is 1.61. The van der Waals surface area contributed by atoms with Crippen LogP contribution in [0.25, 0.3) is 0 Å². The molecule has 3 heterocycles. The van der Waals surface area contributed by atoms with E-state index in [9.17, 15) is 9.59 Å². The molecular weight excluding hydrogens is 312 g/mol. The van der Waals surface area contributed by atoms with E-state index < -0.39 is 0 Å². The Morgan fingerprint density at radius 3 is 2.29 bits per heavy atom.